The zero-order valence-corrected chi connectivity index (χ0v) is 29.1. The lowest BCUT2D eigenvalue weighted by molar-refractivity contribution is -0.352. The monoisotopic (exact) mass is 764 g/mol. The summed E-state index contributed by atoms with van der Waals surface area (Å²) in [6.45, 7) is 4.76. The number of aliphatic imine (C=N–C) groups is 1. The van der Waals surface area contributed by atoms with Gasteiger partial charge in [0.2, 0.25) is 10.0 Å². The first-order chi connectivity index (χ1) is 22.7. The van der Waals surface area contributed by atoms with Crippen LogP contribution in [0.2, 0.25) is 0 Å². The predicted octanol–water partition coefficient (Wildman–Crippen LogP) is 0.345. The molecule has 0 spiro atoms. The van der Waals surface area contributed by atoms with Crippen LogP contribution >= 0.6 is 34.8 Å². The molecule has 3 rings (SSSR count). The Morgan fingerprint density at radius 1 is 0.796 bits per heavy atom. The number of carbonyl (C=O) groups is 6. The van der Waals surface area contributed by atoms with Gasteiger partial charge in [0, 0.05) is 41.5 Å². The molecule has 3 aliphatic rings. The van der Waals surface area contributed by atoms with E-state index in [0.29, 0.717) is 0 Å². The maximum atomic E-state index is 13.0. The van der Waals surface area contributed by atoms with Crippen molar-refractivity contribution < 1.29 is 81.2 Å². The van der Waals surface area contributed by atoms with Crippen LogP contribution < -0.4 is 5.32 Å². The fraction of sp³-hybridized carbons (Fsp3) is 0.741. The molecule has 1 amide bonds. The van der Waals surface area contributed by atoms with Crippen LogP contribution in [0.3, 0.4) is 0 Å². The summed E-state index contributed by atoms with van der Waals surface area (Å²) in [7, 11) is 0. The normalized spacial score (nSPS) is 32.3. The number of aliphatic hydroxyl groups excluding tert-OH is 1. The lowest BCUT2D eigenvalue weighted by Crippen LogP contribution is -2.74. The number of fused-ring (bicyclic) bond motifs is 1. The van der Waals surface area contributed by atoms with E-state index < -0.39 is 121 Å². The molecule has 0 radical (unpaired) electrons. The van der Waals surface area contributed by atoms with Crippen LogP contribution in [0.25, 0.3) is 0 Å². The highest BCUT2D eigenvalue weighted by Gasteiger charge is 2.66. The van der Waals surface area contributed by atoms with Crippen LogP contribution in [-0.2, 0) is 71.3 Å². The van der Waals surface area contributed by atoms with Gasteiger partial charge >= 0.3 is 35.9 Å². The van der Waals surface area contributed by atoms with Crippen LogP contribution in [0.5, 0.6) is 0 Å². The van der Waals surface area contributed by atoms with E-state index in [0.717, 1.165) is 34.6 Å². The van der Waals surface area contributed by atoms with E-state index in [1.54, 1.807) is 0 Å². The number of nitrogens with zero attached hydrogens (tertiary/aromatic N) is 1. The Kier molecular flexibility index (Phi) is 13.7. The second-order valence-electron chi connectivity index (χ2n) is 10.8. The third kappa shape index (κ3) is 10.9. The maximum Gasteiger partial charge on any atom is 0.410 e. The molecule has 0 unspecified atom stereocenters. The van der Waals surface area contributed by atoms with Gasteiger partial charge in [-0.25, -0.2) is 9.79 Å². The minimum absolute atomic E-state index is 0.0785. The van der Waals surface area contributed by atoms with Crippen LogP contribution in [0.1, 0.15) is 41.5 Å². The number of rotatable bonds is 11. The predicted molar refractivity (Wildman–Crippen MR) is 160 cm³/mol. The third-order valence-electron chi connectivity index (χ3n) is 6.74. The van der Waals surface area contributed by atoms with E-state index >= 15 is 0 Å². The van der Waals surface area contributed by atoms with E-state index in [2.05, 4.69) is 10.3 Å². The Morgan fingerprint density at radius 2 is 1.33 bits per heavy atom. The first-order valence-electron chi connectivity index (χ1n) is 14.4. The van der Waals surface area contributed by atoms with Crippen LogP contribution in [0.4, 0.5) is 4.79 Å². The van der Waals surface area contributed by atoms with Crippen LogP contribution in [0.15, 0.2) is 4.99 Å². The third-order valence-corrected chi connectivity index (χ3v) is 7.07. The molecule has 2 N–H and O–H groups in total. The lowest BCUT2D eigenvalue weighted by atomic mass is 9.91. The molecule has 3 heterocycles. The van der Waals surface area contributed by atoms with E-state index in [9.17, 15) is 33.9 Å². The summed E-state index contributed by atoms with van der Waals surface area (Å²) in [4.78, 5) is 77.2. The van der Waals surface area contributed by atoms with Gasteiger partial charge in [-0.05, 0) is 0 Å². The molecule has 19 nitrogen and oxygen atoms in total. The topological polar surface area (TPSA) is 239 Å². The van der Waals surface area contributed by atoms with Crippen molar-refractivity contribution in [3.05, 3.63) is 0 Å². The SMILES string of the molecule is CC(=O)OC[C@H]1O[C@@H]2N=C(C)O[C@@]2(NC(=O)OCC(Cl)(Cl)Cl)[C@@H](OC(C)=O)[C@@H]1O[C@@H]1O[C@H](COC(C)=O)[C@@H](OC(C)=O)[C@H](OC(C)=O)[C@H]1O. The first kappa shape index (κ1) is 40.2. The number of hydrogen-bond donors (Lipinski definition) is 2. The molecular weight excluding hydrogens is 731 g/mol. The lowest BCUT2D eigenvalue weighted by Gasteiger charge is -2.50. The Balaban J connectivity index is 2.10. The molecule has 276 valence electrons. The van der Waals surface area contributed by atoms with Crippen molar-refractivity contribution in [2.45, 2.75) is 106 Å². The summed E-state index contributed by atoms with van der Waals surface area (Å²) >= 11 is 17.1. The van der Waals surface area contributed by atoms with Gasteiger partial charge < -0.3 is 52.5 Å². The largest absolute Gasteiger partial charge is 0.463 e. The quantitative estimate of drug-likeness (QED) is 0.164. The minimum atomic E-state index is -2.26. The van der Waals surface area contributed by atoms with Gasteiger partial charge in [-0.15, -0.1) is 0 Å². The number of ether oxygens (including phenoxy) is 10. The minimum Gasteiger partial charge on any atom is -0.463 e. The van der Waals surface area contributed by atoms with E-state index in [1.807, 2.05) is 0 Å². The molecule has 22 heteroatoms. The van der Waals surface area contributed by atoms with Crippen molar-refractivity contribution in [1.82, 2.24) is 5.32 Å². The molecule has 3 aliphatic heterocycles. The van der Waals surface area contributed by atoms with Crippen molar-refractivity contribution in [1.29, 1.82) is 0 Å². The van der Waals surface area contributed by atoms with Gasteiger partial charge in [0.25, 0.3) is 5.72 Å². The molecule has 0 aromatic carbocycles. The number of nitrogens with one attached hydrogen (secondary N) is 1. The summed E-state index contributed by atoms with van der Waals surface area (Å²) in [6, 6.07) is 0. The van der Waals surface area contributed by atoms with E-state index in [-0.39, 0.29) is 5.90 Å². The second kappa shape index (κ2) is 16.7. The highest BCUT2D eigenvalue weighted by Crippen LogP contribution is 2.41. The van der Waals surface area contributed by atoms with Crippen LogP contribution in [0, 0.1) is 0 Å². The Labute approximate surface area is 293 Å². The Hall–Kier alpha value is -3.20. The Bertz CT molecular complexity index is 1310. The van der Waals surface area contributed by atoms with Gasteiger partial charge in [-0.1, -0.05) is 34.8 Å². The number of hydrogen-bond acceptors (Lipinski definition) is 18. The van der Waals surface area contributed by atoms with E-state index in [1.165, 1.54) is 6.92 Å². The number of aliphatic hydroxyl groups is 1. The zero-order chi connectivity index (χ0) is 36.8. The van der Waals surface area contributed by atoms with E-state index in [4.69, 9.17) is 82.2 Å². The summed E-state index contributed by atoms with van der Waals surface area (Å²) in [6.07, 6.45) is -16.1. The summed E-state index contributed by atoms with van der Waals surface area (Å²) in [5, 5.41) is 13.8. The summed E-state index contributed by atoms with van der Waals surface area (Å²) < 4.78 is 53.3. The van der Waals surface area contributed by atoms with Crippen molar-refractivity contribution in [3.63, 3.8) is 0 Å². The highest BCUT2D eigenvalue weighted by molar-refractivity contribution is 6.67. The maximum absolute atomic E-state index is 13.0. The zero-order valence-electron chi connectivity index (χ0n) is 26.9. The summed E-state index contributed by atoms with van der Waals surface area (Å²) in [5.41, 5.74) is -2.26. The molecule has 2 saturated heterocycles. The van der Waals surface area contributed by atoms with Gasteiger partial charge in [-0.2, -0.15) is 0 Å². The number of amides is 1. The molecule has 0 aromatic heterocycles. The summed E-state index contributed by atoms with van der Waals surface area (Å²) in [5.74, 6) is -4.31. The molecule has 0 aliphatic carbocycles. The van der Waals surface area contributed by atoms with Crippen LogP contribution in [-0.4, -0.2) is 132 Å². The molecule has 0 bridgehead atoms. The molecule has 10 atom stereocenters. The van der Waals surface area contributed by atoms with Gasteiger partial charge in [0.1, 0.15) is 44.2 Å². The molecule has 2 fully saturated rings. The van der Waals surface area contributed by atoms with Crippen molar-refractivity contribution in [2.75, 3.05) is 19.8 Å². The average molecular weight is 766 g/mol. The fourth-order valence-electron chi connectivity index (χ4n) is 5.08. The van der Waals surface area contributed by atoms with Gasteiger partial charge in [0.15, 0.2) is 30.5 Å². The molecule has 0 saturated carbocycles. The van der Waals surface area contributed by atoms with Gasteiger partial charge in [0.05, 0.1) is 0 Å². The smallest absolute Gasteiger partial charge is 0.410 e. The average Bonchev–Trinajstić information content (AvgIpc) is 3.28. The molecular formula is C27H35Cl3N2O17. The second-order valence-corrected chi connectivity index (χ2v) is 13.3. The van der Waals surface area contributed by atoms with Crippen molar-refractivity contribution >= 4 is 76.6 Å². The van der Waals surface area contributed by atoms with Gasteiger partial charge in [-0.3, -0.25) is 29.3 Å². The van der Waals surface area contributed by atoms with Crippen molar-refractivity contribution in [2.24, 2.45) is 4.99 Å². The number of alkyl carbamates (subject to hydrolysis) is 1. The van der Waals surface area contributed by atoms with Crippen molar-refractivity contribution in [3.8, 4) is 0 Å². The number of alkyl halides is 3. The standard InChI is InChI=1S/C27H35Cl3N2O17/c1-10-31-24-27(49-10,32-25(39)42-9-26(28,29)30)22(45-15(6)37)20(17(47-24)8-41-12(3)34)48-23-18(38)21(44-14(5)36)19(43-13(4)35)16(46-23)7-40-11(2)33/h16-24,38H,7-9H2,1-6H3,(H,32,39)/t16-,17-,18-,19-,20-,21-,22+,23+,24+,27+/m1/s1. The fourth-order valence-corrected chi connectivity index (χ4v) is 5.24. The number of carbonyl (C=O) groups excluding carboxylic acids is 6. The molecule has 0 aromatic rings. The number of halogens is 3. The Morgan fingerprint density at radius 3 is 1.84 bits per heavy atom. The number of esters is 5. The highest BCUT2D eigenvalue weighted by atomic mass is 35.6. The first-order valence-corrected chi connectivity index (χ1v) is 15.5. The molecule has 49 heavy (non-hydrogen) atoms.